The van der Waals surface area contributed by atoms with Crippen molar-refractivity contribution in [3.63, 3.8) is 0 Å². The monoisotopic (exact) mass is 278 g/mol. The fourth-order valence-corrected chi connectivity index (χ4v) is 2.06. The Bertz CT molecular complexity index is 765. The van der Waals surface area contributed by atoms with Gasteiger partial charge in [0.05, 0.1) is 11.9 Å². The highest BCUT2D eigenvalue weighted by molar-refractivity contribution is 5.88. The van der Waals surface area contributed by atoms with Crippen molar-refractivity contribution in [2.45, 2.75) is 6.92 Å². The van der Waals surface area contributed by atoms with Gasteiger partial charge in [0, 0.05) is 18.7 Å². The standard InChI is InChI=1S/C16H14N4O/c1-11(21)19-15-9-13(7-8-17-15)16-18-10-14(20-16)12-5-3-2-4-6-12/h2-10H,1H3,(H,18,20)(H,17,19,21). The zero-order chi connectivity index (χ0) is 14.7. The number of nitrogens with zero attached hydrogens (tertiary/aromatic N) is 2. The highest BCUT2D eigenvalue weighted by Crippen LogP contribution is 2.22. The molecule has 0 radical (unpaired) electrons. The molecule has 0 aliphatic heterocycles. The van der Waals surface area contributed by atoms with Gasteiger partial charge in [0.1, 0.15) is 11.6 Å². The number of carbonyl (C=O) groups excluding carboxylic acids is 1. The molecule has 0 bridgehead atoms. The van der Waals surface area contributed by atoms with E-state index in [0.29, 0.717) is 5.82 Å². The molecule has 2 N–H and O–H groups in total. The molecule has 2 aromatic heterocycles. The molecular formula is C16H14N4O. The van der Waals surface area contributed by atoms with Gasteiger partial charge in [0.15, 0.2) is 0 Å². The van der Waals surface area contributed by atoms with Crippen molar-refractivity contribution in [3.8, 4) is 22.6 Å². The van der Waals surface area contributed by atoms with Crippen LogP contribution in [0.2, 0.25) is 0 Å². The van der Waals surface area contributed by atoms with Crippen LogP contribution < -0.4 is 5.32 Å². The summed E-state index contributed by atoms with van der Waals surface area (Å²) in [7, 11) is 0. The molecule has 5 nitrogen and oxygen atoms in total. The van der Waals surface area contributed by atoms with Gasteiger partial charge >= 0.3 is 0 Å². The molecule has 0 saturated carbocycles. The number of aromatic amines is 1. The first kappa shape index (κ1) is 13.1. The van der Waals surface area contributed by atoms with Gasteiger partial charge in [-0.3, -0.25) is 4.79 Å². The fourth-order valence-electron chi connectivity index (χ4n) is 2.06. The quantitative estimate of drug-likeness (QED) is 0.773. The minimum atomic E-state index is -0.149. The van der Waals surface area contributed by atoms with E-state index in [9.17, 15) is 4.79 Å². The van der Waals surface area contributed by atoms with Gasteiger partial charge in [0.25, 0.3) is 0 Å². The van der Waals surface area contributed by atoms with E-state index in [1.807, 2.05) is 36.4 Å². The van der Waals surface area contributed by atoms with E-state index < -0.39 is 0 Å². The van der Waals surface area contributed by atoms with Crippen LogP contribution in [0.3, 0.4) is 0 Å². The summed E-state index contributed by atoms with van der Waals surface area (Å²) in [6.07, 6.45) is 3.44. The van der Waals surface area contributed by atoms with E-state index in [1.54, 1.807) is 18.5 Å². The molecule has 1 aromatic carbocycles. The summed E-state index contributed by atoms with van der Waals surface area (Å²) in [6, 6.07) is 13.6. The summed E-state index contributed by atoms with van der Waals surface area (Å²) < 4.78 is 0. The lowest BCUT2D eigenvalue weighted by molar-refractivity contribution is -0.114. The lowest BCUT2D eigenvalue weighted by Crippen LogP contribution is -2.07. The number of carbonyl (C=O) groups is 1. The summed E-state index contributed by atoms with van der Waals surface area (Å²) >= 11 is 0. The molecule has 3 rings (SSSR count). The summed E-state index contributed by atoms with van der Waals surface area (Å²) in [5.41, 5.74) is 2.90. The Labute approximate surface area is 122 Å². The average Bonchev–Trinajstić information content (AvgIpc) is 2.98. The Hall–Kier alpha value is -2.95. The molecule has 2 heterocycles. The zero-order valence-electron chi connectivity index (χ0n) is 11.5. The maximum absolute atomic E-state index is 11.1. The molecule has 0 atom stereocenters. The van der Waals surface area contributed by atoms with Gasteiger partial charge in [-0.1, -0.05) is 30.3 Å². The summed E-state index contributed by atoms with van der Waals surface area (Å²) in [4.78, 5) is 22.8. The van der Waals surface area contributed by atoms with Crippen molar-refractivity contribution in [2.75, 3.05) is 5.32 Å². The molecule has 5 heteroatoms. The number of pyridine rings is 1. The largest absolute Gasteiger partial charge is 0.338 e. The van der Waals surface area contributed by atoms with E-state index in [0.717, 1.165) is 22.6 Å². The number of hydrogen-bond acceptors (Lipinski definition) is 3. The lowest BCUT2D eigenvalue weighted by Gasteiger charge is -2.02. The predicted molar refractivity (Wildman–Crippen MR) is 81.6 cm³/mol. The third kappa shape index (κ3) is 2.97. The number of aromatic nitrogens is 3. The maximum Gasteiger partial charge on any atom is 0.222 e. The molecule has 0 unspecified atom stereocenters. The van der Waals surface area contributed by atoms with Crippen LogP contribution in [0, 0.1) is 0 Å². The van der Waals surface area contributed by atoms with Crippen molar-refractivity contribution in [2.24, 2.45) is 0 Å². The Kier molecular flexibility index (Phi) is 3.47. The Morgan fingerprint density at radius 1 is 1.10 bits per heavy atom. The molecule has 1 amide bonds. The van der Waals surface area contributed by atoms with Crippen LogP contribution in [0.25, 0.3) is 22.6 Å². The summed E-state index contributed by atoms with van der Waals surface area (Å²) in [5.74, 6) is 1.10. The van der Waals surface area contributed by atoms with Crippen molar-refractivity contribution in [1.82, 2.24) is 15.0 Å². The molecule has 21 heavy (non-hydrogen) atoms. The molecule has 0 aliphatic rings. The Balaban J connectivity index is 1.91. The number of imidazole rings is 1. The molecule has 0 saturated heterocycles. The van der Waals surface area contributed by atoms with Crippen LogP contribution in [-0.2, 0) is 4.79 Å². The number of benzene rings is 1. The minimum Gasteiger partial charge on any atom is -0.338 e. The van der Waals surface area contributed by atoms with Gasteiger partial charge in [-0.25, -0.2) is 9.97 Å². The van der Waals surface area contributed by atoms with E-state index >= 15 is 0 Å². The van der Waals surface area contributed by atoms with Gasteiger partial charge in [-0.15, -0.1) is 0 Å². The van der Waals surface area contributed by atoms with Gasteiger partial charge < -0.3 is 10.3 Å². The fraction of sp³-hybridized carbons (Fsp3) is 0.0625. The van der Waals surface area contributed by atoms with Crippen molar-refractivity contribution in [3.05, 3.63) is 54.9 Å². The maximum atomic E-state index is 11.1. The highest BCUT2D eigenvalue weighted by atomic mass is 16.1. The average molecular weight is 278 g/mol. The topological polar surface area (TPSA) is 70.7 Å². The first-order valence-electron chi connectivity index (χ1n) is 6.57. The SMILES string of the molecule is CC(=O)Nc1cc(-c2ncc(-c3ccccc3)[nH]2)ccn1. The molecule has 0 fully saturated rings. The van der Waals surface area contributed by atoms with Crippen LogP contribution in [-0.4, -0.2) is 20.9 Å². The summed E-state index contributed by atoms with van der Waals surface area (Å²) in [6.45, 7) is 1.45. The second-order valence-corrected chi connectivity index (χ2v) is 4.62. The number of H-pyrrole nitrogens is 1. The van der Waals surface area contributed by atoms with Crippen LogP contribution in [0.5, 0.6) is 0 Å². The smallest absolute Gasteiger partial charge is 0.222 e. The van der Waals surface area contributed by atoms with Gasteiger partial charge in [0.2, 0.25) is 5.91 Å². The van der Waals surface area contributed by atoms with Crippen molar-refractivity contribution >= 4 is 11.7 Å². The molecule has 104 valence electrons. The first-order chi connectivity index (χ1) is 10.2. The number of nitrogens with one attached hydrogen (secondary N) is 2. The normalized spacial score (nSPS) is 10.3. The third-order valence-corrected chi connectivity index (χ3v) is 3.00. The number of rotatable bonds is 3. The predicted octanol–water partition coefficient (Wildman–Crippen LogP) is 3.10. The molecular weight excluding hydrogens is 264 g/mol. The van der Waals surface area contributed by atoms with E-state index in [4.69, 9.17) is 0 Å². The van der Waals surface area contributed by atoms with Crippen LogP contribution in [0.4, 0.5) is 5.82 Å². The lowest BCUT2D eigenvalue weighted by atomic mass is 10.2. The van der Waals surface area contributed by atoms with Crippen LogP contribution >= 0.6 is 0 Å². The van der Waals surface area contributed by atoms with Gasteiger partial charge in [-0.05, 0) is 17.7 Å². The number of anilines is 1. The zero-order valence-corrected chi connectivity index (χ0v) is 11.5. The number of hydrogen-bond donors (Lipinski definition) is 2. The molecule has 3 aromatic rings. The van der Waals surface area contributed by atoms with Crippen molar-refractivity contribution < 1.29 is 4.79 Å². The number of amides is 1. The van der Waals surface area contributed by atoms with E-state index in [-0.39, 0.29) is 5.91 Å². The first-order valence-corrected chi connectivity index (χ1v) is 6.57. The minimum absolute atomic E-state index is 0.149. The second kappa shape index (κ2) is 5.58. The Morgan fingerprint density at radius 2 is 1.90 bits per heavy atom. The highest BCUT2D eigenvalue weighted by Gasteiger charge is 2.07. The van der Waals surface area contributed by atoms with E-state index in [2.05, 4.69) is 20.3 Å². The van der Waals surface area contributed by atoms with Crippen LogP contribution in [0.15, 0.2) is 54.9 Å². The third-order valence-electron chi connectivity index (χ3n) is 3.00. The molecule has 0 aliphatic carbocycles. The molecule has 0 spiro atoms. The second-order valence-electron chi connectivity index (χ2n) is 4.62. The van der Waals surface area contributed by atoms with Crippen molar-refractivity contribution in [1.29, 1.82) is 0 Å². The summed E-state index contributed by atoms with van der Waals surface area (Å²) in [5, 5.41) is 2.66. The van der Waals surface area contributed by atoms with E-state index in [1.165, 1.54) is 6.92 Å². The van der Waals surface area contributed by atoms with Crippen LogP contribution in [0.1, 0.15) is 6.92 Å². The van der Waals surface area contributed by atoms with Gasteiger partial charge in [-0.2, -0.15) is 0 Å². The Morgan fingerprint density at radius 3 is 2.67 bits per heavy atom.